The Bertz CT molecular complexity index is 973. The Morgan fingerprint density at radius 3 is 2.32 bits per heavy atom. The van der Waals surface area contributed by atoms with E-state index in [1.54, 1.807) is 0 Å². The molecule has 0 aliphatic carbocycles. The van der Waals surface area contributed by atoms with Crippen molar-refractivity contribution < 1.29 is 13.6 Å². The lowest BCUT2D eigenvalue weighted by molar-refractivity contribution is 0.0929. The van der Waals surface area contributed by atoms with Crippen LogP contribution >= 0.6 is 0 Å². The van der Waals surface area contributed by atoms with Crippen LogP contribution < -0.4 is 5.32 Å². The van der Waals surface area contributed by atoms with Crippen LogP contribution in [0.15, 0.2) is 60.7 Å². The number of hydrogen-bond donors (Lipinski definition) is 1. The molecule has 1 heterocycles. The minimum atomic E-state index is -0.847. The average Bonchev–Trinajstić information content (AvgIpc) is 3.23. The van der Waals surface area contributed by atoms with Crippen LogP contribution in [-0.2, 0) is 0 Å². The van der Waals surface area contributed by atoms with Gasteiger partial charge in [0.1, 0.15) is 17.2 Å². The summed E-state index contributed by atoms with van der Waals surface area (Å²) in [5, 5.41) is 5.03. The molecule has 0 bridgehead atoms. The average molecular weight is 380 g/mol. The lowest BCUT2D eigenvalue weighted by Crippen LogP contribution is -2.37. The van der Waals surface area contributed by atoms with E-state index in [-0.39, 0.29) is 6.04 Å². The van der Waals surface area contributed by atoms with Crippen molar-refractivity contribution in [2.75, 3.05) is 19.6 Å². The SMILES string of the molecule is O=C(NC[C@H](c1cccc2ccccc12)N1CCCC1)c1c(F)cccc1F. The van der Waals surface area contributed by atoms with Crippen LogP contribution in [0.1, 0.15) is 34.8 Å². The van der Waals surface area contributed by atoms with Gasteiger partial charge in [-0.1, -0.05) is 48.5 Å². The van der Waals surface area contributed by atoms with Gasteiger partial charge in [-0.2, -0.15) is 0 Å². The molecule has 1 aliphatic rings. The first-order chi connectivity index (χ1) is 13.6. The van der Waals surface area contributed by atoms with E-state index in [1.165, 1.54) is 6.07 Å². The molecule has 0 aromatic heterocycles. The van der Waals surface area contributed by atoms with E-state index >= 15 is 0 Å². The van der Waals surface area contributed by atoms with Crippen LogP contribution in [0.2, 0.25) is 0 Å². The van der Waals surface area contributed by atoms with E-state index < -0.39 is 23.1 Å². The highest BCUT2D eigenvalue weighted by Gasteiger charge is 2.26. The van der Waals surface area contributed by atoms with Crippen LogP contribution in [0, 0.1) is 11.6 Å². The Hall–Kier alpha value is -2.79. The van der Waals surface area contributed by atoms with Crippen molar-refractivity contribution in [3.63, 3.8) is 0 Å². The van der Waals surface area contributed by atoms with Gasteiger partial charge in [0.2, 0.25) is 0 Å². The number of halogens is 2. The highest BCUT2D eigenvalue weighted by Crippen LogP contribution is 2.30. The number of amides is 1. The lowest BCUT2D eigenvalue weighted by Gasteiger charge is -2.29. The van der Waals surface area contributed by atoms with Crippen LogP contribution in [-0.4, -0.2) is 30.4 Å². The summed E-state index contributed by atoms with van der Waals surface area (Å²) >= 11 is 0. The normalized spacial score (nSPS) is 15.6. The molecule has 28 heavy (non-hydrogen) atoms. The predicted octanol–water partition coefficient (Wildman–Crippen LogP) is 4.68. The van der Waals surface area contributed by atoms with Crippen molar-refractivity contribution in [3.05, 3.63) is 83.4 Å². The second-order valence-electron chi connectivity index (χ2n) is 7.13. The summed E-state index contributed by atoms with van der Waals surface area (Å²) in [4.78, 5) is 14.8. The number of rotatable bonds is 5. The second-order valence-corrected chi connectivity index (χ2v) is 7.13. The van der Waals surface area contributed by atoms with E-state index in [1.807, 2.05) is 18.2 Å². The molecule has 0 saturated carbocycles. The van der Waals surface area contributed by atoms with Gasteiger partial charge in [0.15, 0.2) is 0 Å². The maximum atomic E-state index is 13.9. The Labute approximate surface area is 163 Å². The number of likely N-dealkylation sites (tertiary alicyclic amines) is 1. The molecule has 3 nitrogen and oxygen atoms in total. The Morgan fingerprint density at radius 1 is 0.929 bits per heavy atom. The van der Waals surface area contributed by atoms with Crippen molar-refractivity contribution >= 4 is 16.7 Å². The fourth-order valence-electron chi connectivity index (χ4n) is 4.02. The van der Waals surface area contributed by atoms with Crippen LogP contribution in [0.3, 0.4) is 0 Å². The third-order valence-electron chi connectivity index (χ3n) is 5.41. The van der Waals surface area contributed by atoms with E-state index in [4.69, 9.17) is 0 Å². The molecule has 5 heteroatoms. The largest absolute Gasteiger partial charge is 0.350 e. The molecular formula is C23H22F2N2O. The van der Waals surface area contributed by atoms with Crippen molar-refractivity contribution in [1.29, 1.82) is 0 Å². The molecule has 3 aromatic carbocycles. The van der Waals surface area contributed by atoms with Crippen molar-refractivity contribution in [3.8, 4) is 0 Å². The number of benzene rings is 3. The summed E-state index contributed by atoms with van der Waals surface area (Å²) in [5.74, 6) is -2.42. The summed E-state index contributed by atoms with van der Waals surface area (Å²) in [7, 11) is 0. The summed E-state index contributed by atoms with van der Waals surface area (Å²) in [5.41, 5.74) is 0.592. The summed E-state index contributed by atoms with van der Waals surface area (Å²) in [6.07, 6.45) is 2.22. The molecule has 3 aromatic rings. The van der Waals surface area contributed by atoms with Gasteiger partial charge in [0.25, 0.3) is 5.91 Å². The van der Waals surface area contributed by atoms with Gasteiger partial charge in [-0.25, -0.2) is 8.78 Å². The predicted molar refractivity (Wildman–Crippen MR) is 106 cm³/mol. The number of carbonyl (C=O) groups is 1. The third-order valence-corrected chi connectivity index (χ3v) is 5.41. The summed E-state index contributed by atoms with van der Waals surface area (Å²) in [6, 6.07) is 17.7. The molecule has 1 saturated heterocycles. The van der Waals surface area contributed by atoms with E-state index in [0.29, 0.717) is 6.54 Å². The zero-order chi connectivity index (χ0) is 19.5. The standard InChI is InChI=1S/C23H22F2N2O/c24-19-11-6-12-20(25)22(19)23(28)26-15-21(27-13-3-4-14-27)18-10-5-8-16-7-1-2-9-17(16)18/h1-2,5-12,21H,3-4,13-15H2,(H,26,28)/t21-/m1/s1. The highest BCUT2D eigenvalue weighted by molar-refractivity contribution is 5.94. The topological polar surface area (TPSA) is 32.3 Å². The molecule has 1 aliphatic heterocycles. The summed E-state index contributed by atoms with van der Waals surface area (Å²) in [6.45, 7) is 2.18. The molecule has 144 valence electrons. The minimum Gasteiger partial charge on any atom is -0.350 e. The Kier molecular flexibility index (Phi) is 5.35. The van der Waals surface area contributed by atoms with Gasteiger partial charge >= 0.3 is 0 Å². The van der Waals surface area contributed by atoms with Gasteiger partial charge in [0, 0.05) is 6.54 Å². The summed E-state index contributed by atoms with van der Waals surface area (Å²) < 4.78 is 27.9. The lowest BCUT2D eigenvalue weighted by atomic mass is 9.97. The Morgan fingerprint density at radius 2 is 1.57 bits per heavy atom. The quantitative estimate of drug-likeness (QED) is 0.697. The van der Waals surface area contributed by atoms with Crippen LogP contribution in [0.5, 0.6) is 0 Å². The molecule has 1 N–H and O–H groups in total. The molecule has 1 fully saturated rings. The number of fused-ring (bicyclic) bond motifs is 1. The maximum Gasteiger partial charge on any atom is 0.257 e. The number of nitrogens with zero attached hydrogens (tertiary/aromatic N) is 1. The smallest absolute Gasteiger partial charge is 0.257 e. The monoisotopic (exact) mass is 380 g/mol. The number of carbonyl (C=O) groups excluding carboxylic acids is 1. The highest BCUT2D eigenvalue weighted by atomic mass is 19.1. The maximum absolute atomic E-state index is 13.9. The van der Waals surface area contributed by atoms with Gasteiger partial charge in [0.05, 0.1) is 6.04 Å². The van der Waals surface area contributed by atoms with Crippen LogP contribution in [0.25, 0.3) is 10.8 Å². The molecule has 0 radical (unpaired) electrons. The zero-order valence-corrected chi connectivity index (χ0v) is 15.5. The van der Waals surface area contributed by atoms with E-state index in [2.05, 4.69) is 34.5 Å². The van der Waals surface area contributed by atoms with Gasteiger partial charge in [-0.15, -0.1) is 0 Å². The zero-order valence-electron chi connectivity index (χ0n) is 15.5. The van der Waals surface area contributed by atoms with Crippen molar-refractivity contribution in [1.82, 2.24) is 10.2 Å². The van der Waals surface area contributed by atoms with Crippen LogP contribution in [0.4, 0.5) is 8.78 Å². The fraction of sp³-hybridized carbons (Fsp3) is 0.261. The van der Waals surface area contributed by atoms with Gasteiger partial charge in [-0.3, -0.25) is 9.69 Å². The molecule has 0 unspecified atom stereocenters. The molecule has 1 atom stereocenters. The molecule has 4 rings (SSSR count). The van der Waals surface area contributed by atoms with Gasteiger partial charge < -0.3 is 5.32 Å². The first-order valence-corrected chi connectivity index (χ1v) is 9.59. The van der Waals surface area contributed by atoms with E-state index in [9.17, 15) is 13.6 Å². The van der Waals surface area contributed by atoms with Gasteiger partial charge in [-0.05, 0) is 54.4 Å². The first kappa shape index (κ1) is 18.6. The molecule has 1 amide bonds. The van der Waals surface area contributed by atoms with Crippen molar-refractivity contribution in [2.24, 2.45) is 0 Å². The first-order valence-electron chi connectivity index (χ1n) is 9.59. The van der Waals surface area contributed by atoms with E-state index in [0.717, 1.165) is 54.4 Å². The number of hydrogen-bond acceptors (Lipinski definition) is 2. The molecule has 0 spiro atoms. The Balaban J connectivity index is 1.63. The fourth-order valence-corrected chi connectivity index (χ4v) is 4.02. The molecular weight excluding hydrogens is 358 g/mol. The minimum absolute atomic E-state index is 0.0487. The second kappa shape index (κ2) is 8.07. The number of nitrogens with one attached hydrogen (secondary N) is 1. The third kappa shape index (κ3) is 3.62. The van der Waals surface area contributed by atoms with Crippen molar-refractivity contribution in [2.45, 2.75) is 18.9 Å².